The van der Waals surface area contributed by atoms with Crippen LogP contribution in [0.1, 0.15) is 104 Å². The highest BCUT2D eigenvalue weighted by molar-refractivity contribution is 9.10. The van der Waals surface area contributed by atoms with Gasteiger partial charge in [-0.1, -0.05) is 159 Å². The molecule has 0 saturated heterocycles. The van der Waals surface area contributed by atoms with Crippen LogP contribution in [0, 0.1) is 0 Å². The third-order valence-electron chi connectivity index (χ3n) is 15.3. The van der Waals surface area contributed by atoms with Gasteiger partial charge in [0.05, 0.1) is 15.8 Å². The maximum atomic E-state index is 6.93. The molecule has 1 aliphatic rings. The van der Waals surface area contributed by atoms with E-state index in [1.807, 2.05) is 18.2 Å². The number of halogens is 1. The monoisotopic (exact) mass is 1040 g/mol. The van der Waals surface area contributed by atoms with Crippen LogP contribution in [0.15, 0.2) is 132 Å². The molecule has 0 amide bonds. The summed E-state index contributed by atoms with van der Waals surface area (Å²) in [6.07, 6.45) is 0. The van der Waals surface area contributed by atoms with Crippen molar-refractivity contribution in [2.75, 3.05) is 14.7 Å². The van der Waals surface area contributed by atoms with Gasteiger partial charge in [0.1, 0.15) is 78.5 Å². The number of anilines is 9. The van der Waals surface area contributed by atoms with Crippen molar-refractivity contribution in [1.82, 2.24) is 0 Å². The minimum atomic E-state index is -0.331. The van der Waals surface area contributed by atoms with E-state index in [1.54, 1.807) is 4.90 Å². The molecule has 3 nitrogen and oxygen atoms in total. The van der Waals surface area contributed by atoms with Gasteiger partial charge in [-0.3, -0.25) is 0 Å². The molecule has 14 heteroatoms. The van der Waals surface area contributed by atoms with Gasteiger partial charge < -0.3 is 14.7 Å². The quantitative estimate of drug-likeness (QED) is 0.145. The molecule has 0 fully saturated rings. The van der Waals surface area contributed by atoms with Crippen LogP contribution < -0.4 is 69.3 Å². The molecule has 0 heterocycles. The second-order valence-corrected chi connectivity index (χ2v) is 24.7. The molecule has 1 aliphatic carbocycles. The summed E-state index contributed by atoms with van der Waals surface area (Å²) in [4.78, 5) is 6.28. The standard InChI is InChI=1S/C63H54B10BrN3/c1-60(2,3)33-19-23-36(24-20-33)75(37-25-21-34(22-26-37)61(4,5)6)45-29-35(62(7,8)9)30-46(57(45)74)76(40-27-28-42-41-17-12-13-18-43(41)63(10,11)44(42)32-40)38-15-14-16-39(31-38)77(58-53(70)49(66)47(64)50(67)54(58)71)59-55(72)51(68)48(65)52(69)56(59)73/h12-32H,1-11H3. The number of fused-ring (bicyclic) bond motifs is 3. The van der Waals surface area contributed by atoms with Crippen LogP contribution in [0.4, 0.5) is 51.2 Å². The maximum absolute atomic E-state index is 6.93. The highest BCUT2D eigenvalue weighted by atomic mass is 79.9. The lowest BCUT2D eigenvalue weighted by molar-refractivity contribution is 0.589. The number of benzene rings is 8. The summed E-state index contributed by atoms with van der Waals surface area (Å²) < 4.78 is 0.829. The molecular weight excluding hydrogens is 987 g/mol. The SMILES string of the molecule is [B]c1c([B])c([B])c(N(c2cccc(N(c3ccc4c(c3)C(C)(C)c3ccccc3-4)c3cc(C(C)(C)C)cc(N(c4ccc(C(C)(C)C)cc4)c4ccc(C(C)(C)C)cc4)c3Br)c2)c2c([B])c([B])c([B])c([B])c2[B])c([B])c1[B]. The molecule has 0 saturated carbocycles. The summed E-state index contributed by atoms with van der Waals surface area (Å²) >= 11 is 4.34. The molecule has 0 aromatic heterocycles. The highest BCUT2D eigenvalue weighted by Gasteiger charge is 2.37. The molecular formula is C63H54B10BrN3. The van der Waals surface area contributed by atoms with Crippen LogP contribution in [-0.4, -0.2) is 78.5 Å². The van der Waals surface area contributed by atoms with E-state index >= 15 is 0 Å². The van der Waals surface area contributed by atoms with Crippen LogP contribution in [0.5, 0.6) is 0 Å². The van der Waals surface area contributed by atoms with Crippen molar-refractivity contribution < 1.29 is 0 Å². The van der Waals surface area contributed by atoms with Gasteiger partial charge in [-0.25, -0.2) is 0 Å². The maximum Gasteiger partial charge on any atom is 0.115 e. The lowest BCUT2D eigenvalue weighted by atomic mass is 9.60. The van der Waals surface area contributed by atoms with Crippen molar-refractivity contribution in [1.29, 1.82) is 0 Å². The Bertz CT molecular complexity index is 3460. The van der Waals surface area contributed by atoms with Gasteiger partial charge in [0.15, 0.2) is 0 Å². The van der Waals surface area contributed by atoms with Crippen LogP contribution in [0.3, 0.4) is 0 Å². The Morgan fingerprint density at radius 3 is 1.12 bits per heavy atom. The molecule has 0 aliphatic heterocycles. The molecule has 0 unspecified atom stereocenters. The van der Waals surface area contributed by atoms with Gasteiger partial charge in [-0.15, -0.1) is 32.8 Å². The number of nitrogens with zero attached hydrogens (tertiary/aromatic N) is 3. The van der Waals surface area contributed by atoms with Gasteiger partial charge in [0.25, 0.3) is 0 Å². The molecule has 8 aromatic rings. The fourth-order valence-corrected chi connectivity index (χ4v) is 11.1. The first kappa shape index (κ1) is 56.0. The van der Waals surface area contributed by atoms with Gasteiger partial charge in [0, 0.05) is 45.2 Å². The van der Waals surface area contributed by atoms with Gasteiger partial charge in [-0.05, 0) is 138 Å². The summed E-state index contributed by atoms with van der Waals surface area (Å²) in [6, 6.07) is 45.5. The fourth-order valence-electron chi connectivity index (χ4n) is 10.6. The van der Waals surface area contributed by atoms with Crippen molar-refractivity contribution in [3.8, 4) is 11.1 Å². The molecule has 9 rings (SSSR count). The van der Waals surface area contributed by atoms with E-state index in [-0.39, 0.29) is 87.7 Å². The Balaban J connectivity index is 1.38. The molecule has 358 valence electrons. The van der Waals surface area contributed by atoms with Crippen molar-refractivity contribution >= 4 is 200 Å². The zero-order valence-electron chi connectivity index (χ0n) is 46.1. The van der Waals surface area contributed by atoms with Crippen molar-refractivity contribution in [2.45, 2.75) is 97.8 Å². The third-order valence-corrected chi connectivity index (χ3v) is 16.1. The van der Waals surface area contributed by atoms with E-state index in [0.717, 1.165) is 44.2 Å². The van der Waals surface area contributed by atoms with Crippen LogP contribution >= 0.6 is 15.9 Å². The van der Waals surface area contributed by atoms with Gasteiger partial charge >= 0.3 is 0 Å². The first-order valence-electron chi connectivity index (χ1n) is 25.8. The number of hydrogen-bond donors (Lipinski definition) is 0. The van der Waals surface area contributed by atoms with Crippen LogP contribution in [0.25, 0.3) is 11.1 Å². The summed E-state index contributed by atoms with van der Waals surface area (Å²) in [5.41, 5.74) is 14.1. The zero-order valence-corrected chi connectivity index (χ0v) is 47.7. The lowest BCUT2D eigenvalue weighted by Crippen LogP contribution is -2.59. The molecule has 20 radical (unpaired) electrons. The van der Waals surface area contributed by atoms with E-state index < -0.39 is 0 Å². The Morgan fingerprint density at radius 1 is 0.338 bits per heavy atom. The topological polar surface area (TPSA) is 9.72 Å². The Labute approximate surface area is 480 Å². The van der Waals surface area contributed by atoms with Gasteiger partial charge in [-0.2, -0.15) is 0 Å². The number of hydrogen-bond acceptors (Lipinski definition) is 3. The normalized spacial score (nSPS) is 13.0. The second kappa shape index (κ2) is 20.2. The highest BCUT2D eigenvalue weighted by Crippen LogP contribution is 2.53. The average molecular weight is 1040 g/mol. The largest absolute Gasteiger partial charge is 0.313 e. The lowest BCUT2D eigenvalue weighted by Gasteiger charge is -2.37. The predicted molar refractivity (Wildman–Crippen MR) is 346 cm³/mol. The smallest absolute Gasteiger partial charge is 0.115 e. The second-order valence-electron chi connectivity index (χ2n) is 23.9. The summed E-state index contributed by atoms with van der Waals surface area (Å²) in [7, 11) is 67.0. The molecule has 0 atom stereocenters. The summed E-state index contributed by atoms with van der Waals surface area (Å²) in [5.74, 6) is 0. The molecule has 8 aromatic carbocycles. The zero-order chi connectivity index (χ0) is 56.2. The molecule has 0 spiro atoms. The van der Waals surface area contributed by atoms with Crippen LogP contribution in [0.2, 0.25) is 0 Å². The third kappa shape index (κ3) is 9.86. The van der Waals surface area contributed by atoms with Crippen molar-refractivity contribution in [2.24, 2.45) is 0 Å². The predicted octanol–water partition coefficient (Wildman–Crippen LogP) is 7.00. The Kier molecular flexibility index (Phi) is 14.7. The van der Waals surface area contributed by atoms with E-state index in [0.29, 0.717) is 5.69 Å². The van der Waals surface area contributed by atoms with E-state index in [2.05, 4.69) is 211 Å². The summed E-state index contributed by atoms with van der Waals surface area (Å²) in [5, 5.41) is 0. The Morgan fingerprint density at radius 2 is 0.688 bits per heavy atom. The number of rotatable bonds is 9. The van der Waals surface area contributed by atoms with E-state index in [9.17, 15) is 0 Å². The van der Waals surface area contributed by atoms with Crippen molar-refractivity contribution in [3.63, 3.8) is 0 Å². The molecule has 0 bridgehead atoms. The van der Waals surface area contributed by atoms with Gasteiger partial charge in [0.2, 0.25) is 0 Å². The molecule has 0 N–H and O–H groups in total. The van der Waals surface area contributed by atoms with Crippen LogP contribution in [-0.2, 0) is 21.7 Å². The van der Waals surface area contributed by atoms with Crippen molar-refractivity contribution in [3.05, 3.63) is 160 Å². The van der Waals surface area contributed by atoms with E-state index in [4.69, 9.17) is 78.5 Å². The molecule has 77 heavy (non-hydrogen) atoms. The fraction of sp³-hybridized carbons (Fsp3) is 0.238. The minimum absolute atomic E-state index is 0.0193. The minimum Gasteiger partial charge on any atom is -0.313 e. The summed E-state index contributed by atoms with van der Waals surface area (Å²) in [6.45, 7) is 24.7. The first-order valence-corrected chi connectivity index (χ1v) is 26.6. The first-order chi connectivity index (χ1) is 35.9. The Hall–Kier alpha value is -5.71. The average Bonchev–Trinajstić information content (AvgIpc) is 3.90. The van der Waals surface area contributed by atoms with E-state index in [1.165, 1.54) is 33.4 Å².